The molecule has 2 N–H and O–H groups in total. The Morgan fingerprint density at radius 1 is 1.16 bits per heavy atom. The Balaban J connectivity index is 1.99. The van der Waals surface area contributed by atoms with E-state index in [1.54, 1.807) is 12.1 Å². The molecule has 2 aromatic carbocycles. The van der Waals surface area contributed by atoms with Crippen LogP contribution < -0.4 is 10.5 Å². The van der Waals surface area contributed by atoms with Gasteiger partial charge in [-0.1, -0.05) is 40.2 Å². The number of ether oxygens (including phenoxy) is 1. The molecule has 1 heterocycles. The summed E-state index contributed by atoms with van der Waals surface area (Å²) in [6.07, 6.45) is 0.244. The van der Waals surface area contributed by atoms with Gasteiger partial charge in [-0.2, -0.15) is 0 Å². The maximum atomic E-state index is 13.8. The highest BCUT2D eigenvalue weighted by Crippen LogP contribution is 2.41. The number of hydrogen-bond acceptors (Lipinski definition) is 2. The number of fused-ring (bicyclic) bond motifs is 1. The van der Waals surface area contributed by atoms with E-state index < -0.39 is 0 Å². The van der Waals surface area contributed by atoms with Gasteiger partial charge >= 0.3 is 0 Å². The topological polar surface area (TPSA) is 35.2 Å². The fourth-order valence-electron chi connectivity index (χ4n) is 2.40. The third-order valence-corrected chi connectivity index (χ3v) is 3.86. The molecule has 1 aliphatic rings. The Labute approximate surface area is 119 Å². The van der Waals surface area contributed by atoms with Crippen molar-refractivity contribution < 1.29 is 9.13 Å². The van der Waals surface area contributed by atoms with E-state index in [0.29, 0.717) is 12.0 Å². The van der Waals surface area contributed by atoms with Crippen molar-refractivity contribution in [2.45, 2.75) is 18.6 Å². The van der Waals surface area contributed by atoms with E-state index in [9.17, 15) is 4.39 Å². The molecule has 0 amide bonds. The summed E-state index contributed by atoms with van der Waals surface area (Å²) in [5.74, 6) is 0.472. The first kappa shape index (κ1) is 12.6. The van der Waals surface area contributed by atoms with Crippen molar-refractivity contribution in [1.82, 2.24) is 0 Å². The largest absolute Gasteiger partial charge is 0.485 e. The minimum atomic E-state index is -0.335. The highest BCUT2D eigenvalue weighted by molar-refractivity contribution is 9.10. The van der Waals surface area contributed by atoms with Gasteiger partial charge in [0.2, 0.25) is 0 Å². The third-order valence-electron chi connectivity index (χ3n) is 3.36. The number of benzene rings is 2. The number of halogens is 2. The summed E-state index contributed by atoms with van der Waals surface area (Å²) in [4.78, 5) is 0. The summed E-state index contributed by atoms with van der Waals surface area (Å²) >= 11 is 3.41. The van der Waals surface area contributed by atoms with Gasteiger partial charge in [0.15, 0.2) is 0 Å². The maximum absolute atomic E-state index is 13.8. The second kappa shape index (κ2) is 4.94. The van der Waals surface area contributed by atoms with Crippen LogP contribution in [0.4, 0.5) is 4.39 Å². The molecule has 2 nitrogen and oxygen atoms in total. The lowest BCUT2D eigenvalue weighted by molar-refractivity contribution is 0.157. The molecular weight excluding hydrogens is 309 g/mol. The first-order chi connectivity index (χ1) is 9.15. The number of hydrogen-bond donors (Lipinski definition) is 1. The average molecular weight is 322 g/mol. The molecule has 0 saturated carbocycles. The standard InChI is InChI=1S/C15H13BrFNO/c16-9-5-6-11-13(18)8-15(19-14(11)7-9)10-3-1-2-4-12(10)17/h1-7,13,15H,8,18H2/t13-,15?/m1/s1. The first-order valence-electron chi connectivity index (χ1n) is 6.11. The molecule has 0 aliphatic carbocycles. The average Bonchev–Trinajstić information content (AvgIpc) is 2.38. The van der Waals surface area contributed by atoms with Crippen LogP contribution in [0.3, 0.4) is 0 Å². The van der Waals surface area contributed by atoms with Crippen molar-refractivity contribution in [3.8, 4) is 5.75 Å². The van der Waals surface area contributed by atoms with E-state index in [1.165, 1.54) is 6.07 Å². The molecule has 3 rings (SSSR count). The summed E-state index contributed by atoms with van der Waals surface area (Å²) in [6.45, 7) is 0. The molecule has 4 heteroatoms. The third kappa shape index (κ3) is 2.38. The first-order valence-corrected chi connectivity index (χ1v) is 6.90. The predicted molar refractivity (Wildman–Crippen MR) is 75.5 cm³/mol. The zero-order valence-electron chi connectivity index (χ0n) is 10.1. The van der Waals surface area contributed by atoms with Gasteiger partial charge in [0, 0.05) is 28.1 Å². The lowest BCUT2D eigenvalue weighted by atomic mass is 9.93. The van der Waals surface area contributed by atoms with Crippen LogP contribution in [0, 0.1) is 5.82 Å². The molecule has 98 valence electrons. The van der Waals surface area contributed by atoms with Crippen molar-refractivity contribution in [1.29, 1.82) is 0 Å². The van der Waals surface area contributed by atoms with E-state index in [4.69, 9.17) is 10.5 Å². The summed E-state index contributed by atoms with van der Waals surface area (Å²) in [5.41, 5.74) is 7.68. The lowest BCUT2D eigenvalue weighted by Gasteiger charge is -2.30. The Kier molecular flexibility index (Phi) is 3.29. The quantitative estimate of drug-likeness (QED) is 0.857. The summed E-state index contributed by atoms with van der Waals surface area (Å²) < 4.78 is 20.7. The molecule has 19 heavy (non-hydrogen) atoms. The molecule has 0 aromatic heterocycles. The van der Waals surface area contributed by atoms with Gasteiger partial charge in [-0.15, -0.1) is 0 Å². The molecule has 0 saturated heterocycles. The Morgan fingerprint density at radius 3 is 2.74 bits per heavy atom. The van der Waals surface area contributed by atoms with Crippen molar-refractivity contribution in [3.05, 3.63) is 63.9 Å². The van der Waals surface area contributed by atoms with Crippen molar-refractivity contribution in [2.75, 3.05) is 0 Å². The van der Waals surface area contributed by atoms with Crippen LogP contribution in [-0.2, 0) is 0 Å². The molecular formula is C15H13BrFNO. The molecule has 0 spiro atoms. The van der Waals surface area contributed by atoms with E-state index in [0.717, 1.165) is 15.8 Å². The maximum Gasteiger partial charge on any atom is 0.130 e. The van der Waals surface area contributed by atoms with E-state index >= 15 is 0 Å². The van der Waals surface area contributed by atoms with Gasteiger partial charge in [-0.3, -0.25) is 0 Å². The minimum Gasteiger partial charge on any atom is -0.485 e. The Bertz CT molecular complexity index is 617. The number of nitrogens with two attached hydrogens (primary N) is 1. The van der Waals surface area contributed by atoms with Crippen LogP contribution in [0.15, 0.2) is 46.9 Å². The Hall–Kier alpha value is -1.39. The highest BCUT2D eigenvalue weighted by atomic mass is 79.9. The normalized spacial score (nSPS) is 21.6. The molecule has 2 atom stereocenters. The molecule has 2 aromatic rings. The van der Waals surface area contributed by atoms with Crippen LogP contribution in [-0.4, -0.2) is 0 Å². The van der Waals surface area contributed by atoms with Crippen LogP contribution in [0.2, 0.25) is 0 Å². The summed E-state index contributed by atoms with van der Waals surface area (Å²) in [7, 11) is 0. The smallest absolute Gasteiger partial charge is 0.130 e. The van der Waals surface area contributed by atoms with Gasteiger partial charge in [0.1, 0.15) is 17.7 Å². The van der Waals surface area contributed by atoms with Crippen LogP contribution in [0.1, 0.15) is 29.7 Å². The van der Waals surface area contributed by atoms with E-state index in [-0.39, 0.29) is 18.0 Å². The van der Waals surface area contributed by atoms with Crippen LogP contribution >= 0.6 is 15.9 Å². The predicted octanol–water partition coefficient (Wildman–Crippen LogP) is 4.11. The number of rotatable bonds is 1. The lowest BCUT2D eigenvalue weighted by Crippen LogP contribution is -2.24. The molecule has 0 radical (unpaired) electrons. The summed E-state index contributed by atoms with van der Waals surface area (Å²) in [6, 6.07) is 12.3. The van der Waals surface area contributed by atoms with Gasteiger partial charge < -0.3 is 10.5 Å². The fourth-order valence-corrected chi connectivity index (χ4v) is 2.74. The SMILES string of the molecule is N[C@@H]1CC(c2ccccc2F)Oc2cc(Br)ccc21. The van der Waals surface area contributed by atoms with Gasteiger partial charge in [-0.05, 0) is 18.2 Å². The van der Waals surface area contributed by atoms with Crippen molar-refractivity contribution in [2.24, 2.45) is 5.73 Å². The monoisotopic (exact) mass is 321 g/mol. The zero-order valence-corrected chi connectivity index (χ0v) is 11.7. The second-order valence-corrected chi connectivity index (χ2v) is 5.57. The van der Waals surface area contributed by atoms with Crippen molar-refractivity contribution >= 4 is 15.9 Å². The summed E-state index contributed by atoms with van der Waals surface area (Å²) in [5, 5.41) is 0. The van der Waals surface area contributed by atoms with Gasteiger partial charge in [0.05, 0.1) is 0 Å². The van der Waals surface area contributed by atoms with Gasteiger partial charge in [-0.25, -0.2) is 4.39 Å². The minimum absolute atomic E-state index is 0.138. The van der Waals surface area contributed by atoms with Crippen LogP contribution in [0.5, 0.6) is 5.75 Å². The van der Waals surface area contributed by atoms with E-state index in [1.807, 2.05) is 24.3 Å². The second-order valence-electron chi connectivity index (χ2n) is 4.65. The van der Waals surface area contributed by atoms with Crippen LogP contribution in [0.25, 0.3) is 0 Å². The van der Waals surface area contributed by atoms with Crippen molar-refractivity contribution in [3.63, 3.8) is 0 Å². The molecule has 0 fully saturated rings. The molecule has 1 aliphatic heterocycles. The van der Waals surface area contributed by atoms with E-state index in [2.05, 4.69) is 15.9 Å². The fraction of sp³-hybridized carbons (Fsp3) is 0.200. The molecule has 0 bridgehead atoms. The zero-order chi connectivity index (χ0) is 13.4. The Morgan fingerprint density at radius 2 is 1.95 bits per heavy atom. The molecule has 1 unspecified atom stereocenters. The van der Waals surface area contributed by atoms with Gasteiger partial charge in [0.25, 0.3) is 0 Å². The highest BCUT2D eigenvalue weighted by Gasteiger charge is 2.28.